The second-order valence-electron chi connectivity index (χ2n) is 7.00. The van der Waals surface area contributed by atoms with Crippen molar-refractivity contribution in [1.82, 2.24) is 9.80 Å². The van der Waals surface area contributed by atoms with Gasteiger partial charge in [0.15, 0.2) is 0 Å². The number of hydrogen-bond donors (Lipinski definition) is 0. The Kier molecular flexibility index (Phi) is 4.98. The van der Waals surface area contributed by atoms with Crippen molar-refractivity contribution >= 4 is 5.91 Å². The van der Waals surface area contributed by atoms with E-state index in [0.29, 0.717) is 17.9 Å². The molecule has 2 heterocycles. The van der Waals surface area contributed by atoms with E-state index >= 15 is 0 Å². The number of carbonyl (C=O) groups excluding carboxylic acids is 1. The first kappa shape index (κ1) is 14.4. The van der Waals surface area contributed by atoms with Gasteiger partial charge >= 0.3 is 0 Å². The van der Waals surface area contributed by atoms with Gasteiger partial charge in [0.05, 0.1) is 0 Å². The van der Waals surface area contributed by atoms with Crippen LogP contribution in [0.5, 0.6) is 0 Å². The summed E-state index contributed by atoms with van der Waals surface area (Å²) < 4.78 is 0. The smallest absolute Gasteiger partial charge is 0.225 e. The van der Waals surface area contributed by atoms with E-state index in [1.54, 1.807) is 0 Å². The van der Waals surface area contributed by atoms with Gasteiger partial charge in [0, 0.05) is 25.0 Å². The van der Waals surface area contributed by atoms with E-state index < -0.39 is 0 Å². The van der Waals surface area contributed by atoms with E-state index in [4.69, 9.17) is 0 Å². The van der Waals surface area contributed by atoms with Crippen LogP contribution >= 0.6 is 0 Å². The topological polar surface area (TPSA) is 23.6 Å². The van der Waals surface area contributed by atoms with Crippen molar-refractivity contribution in [3.05, 3.63) is 0 Å². The first-order valence-corrected chi connectivity index (χ1v) is 8.87. The van der Waals surface area contributed by atoms with Crippen LogP contribution in [0.3, 0.4) is 0 Å². The van der Waals surface area contributed by atoms with Crippen LogP contribution in [-0.2, 0) is 4.79 Å². The SMILES string of the molecule is O=C(C1CCCC1)N1CCCC[C@@H]1CCN1CCCC1. The lowest BCUT2D eigenvalue weighted by Crippen LogP contribution is -2.47. The summed E-state index contributed by atoms with van der Waals surface area (Å²) in [5, 5.41) is 0. The molecule has 1 aliphatic carbocycles. The molecule has 3 aliphatic rings. The molecule has 1 saturated carbocycles. The second-order valence-corrected chi connectivity index (χ2v) is 7.00. The number of amides is 1. The lowest BCUT2D eigenvalue weighted by atomic mass is 9.96. The molecule has 2 aliphatic heterocycles. The molecule has 0 unspecified atom stereocenters. The van der Waals surface area contributed by atoms with Crippen LogP contribution in [0, 0.1) is 5.92 Å². The van der Waals surface area contributed by atoms with Crippen LogP contribution in [0.25, 0.3) is 0 Å². The molecule has 0 N–H and O–H groups in total. The molecule has 1 atom stereocenters. The molecule has 20 heavy (non-hydrogen) atoms. The zero-order valence-electron chi connectivity index (χ0n) is 12.9. The van der Waals surface area contributed by atoms with Crippen LogP contribution < -0.4 is 0 Å². The Labute approximate surface area is 123 Å². The monoisotopic (exact) mass is 278 g/mol. The van der Waals surface area contributed by atoms with E-state index in [-0.39, 0.29) is 0 Å². The van der Waals surface area contributed by atoms with Crippen molar-refractivity contribution in [3.63, 3.8) is 0 Å². The molecule has 3 fully saturated rings. The first-order chi connectivity index (χ1) is 9.84. The van der Waals surface area contributed by atoms with Gasteiger partial charge in [-0.25, -0.2) is 0 Å². The summed E-state index contributed by atoms with van der Waals surface area (Å²) in [6.45, 7) is 4.80. The third-order valence-corrected chi connectivity index (χ3v) is 5.59. The van der Waals surface area contributed by atoms with Gasteiger partial charge in [-0.1, -0.05) is 12.8 Å². The van der Waals surface area contributed by atoms with Crippen molar-refractivity contribution < 1.29 is 4.79 Å². The molecule has 0 spiro atoms. The molecular formula is C17H30N2O. The Morgan fingerprint density at radius 1 is 0.850 bits per heavy atom. The number of rotatable bonds is 4. The minimum Gasteiger partial charge on any atom is -0.339 e. The predicted octanol–water partition coefficient (Wildman–Crippen LogP) is 3.04. The van der Waals surface area contributed by atoms with Gasteiger partial charge < -0.3 is 9.80 Å². The van der Waals surface area contributed by atoms with Crippen LogP contribution in [-0.4, -0.2) is 47.9 Å². The van der Waals surface area contributed by atoms with Crippen molar-refractivity contribution in [2.45, 2.75) is 70.3 Å². The van der Waals surface area contributed by atoms with E-state index in [0.717, 1.165) is 19.4 Å². The Morgan fingerprint density at radius 3 is 2.25 bits per heavy atom. The maximum absolute atomic E-state index is 12.7. The number of hydrogen-bond acceptors (Lipinski definition) is 2. The van der Waals surface area contributed by atoms with Gasteiger partial charge in [0.2, 0.25) is 5.91 Å². The Bertz CT molecular complexity index is 319. The van der Waals surface area contributed by atoms with Gasteiger partial charge in [-0.2, -0.15) is 0 Å². The number of nitrogens with zero attached hydrogens (tertiary/aromatic N) is 2. The van der Waals surface area contributed by atoms with Crippen molar-refractivity contribution in [2.24, 2.45) is 5.92 Å². The highest BCUT2D eigenvalue weighted by Crippen LogP contribution is 2.30. The maximum Gasteiger partial charge on any atom is 0.225 e. The van der Waals surface area contributed by atoms with Gasteiger partial charge in [0.25, 0.3) is 0 Å². The summed E-state index contributed by atoms with van der Waals surface area (Å²) in [4.78, 5) is 17.6. The van der Waals surface area contributed by atoms with E-state index in [2.05, 4.69) is 9.80 Å². The quantitative estimate of drug-likeness (QED) is 0.789. The second kappa shape index (κ2) is 6.93. The molecule has 0 aromatic heterocycles. The fraction of sp³-hybridized carbons (Fsp3) is 0.941. The average Bonchev–Trinajstić information content (AvgIpc) is 3.18. The summed E-state index contributed by atoms with van der Waals surface area (Å²) in [5.41, 5.74) is 0. The third kappa shape index (κ3) is 3.36. The van der Waals surface area contributed by atoms with E-state index in [9.17, 15) is 4.79 Å². The lowest BCUT2D eigenvalue weighted by molar-refractivity contribution is -0.139. The molecule has 3 heteroatoms. The molecular weight excluding hydrogens is 248 g/mol. The number of piperidine rings is 1. The summed E-state index contributed by atoms with van der Waals surface area (Å²) >= 11 is 0. The molecule has 3 nitrogen and oxygen atoms in total. The van der Waals surface area contributed by atoms with Gasteiger partial charge in [-0.05, 0) is 64.5 Å². The summed E-state index contributed by atoms with van der Waals surface area (Å²) in [6.07, 6.45) is 12.6. The standard InChI is InChI=1S/C17H30N2O/c20-17(15-7-1-2-8-15)19-13-4-3-9-16(19)10-14-18-11-5-6-12-18/h15-16H,1-14H2/t16-/m1/s1. The van der Waals surface area contributed by atoms with Gasteiger partial charge in [-0.15, -0.1) is 0 Å². The average molecular weight is 278 g/mol. The molecule has 0 aromatic carbocycles. The Morgan fingerprint density at radius 2 is 1.50 bits per heavy atom. The number of carbonyl (C=O) groups is 1. The van der Waals surface area contributed by atoms with Crippen LogP contribution in [0.4, 0.5) is 0 Å². The molecule has 0 aromatic rings. The normalized spacial score (nSPS) is 29.2. The van der Waals surface area contributed by atoms with Crippen molar-refractivity contribution in [3.8, 4) is 0 Å². The molecule has 2 saturated heterocycles. The largest absolute Gasteiger partial charge is 0.339 e. The first-order valence-electron chi connectivity index (χ1n) is 8.87. The molecule has 1 amide bonds. The van der Waals surface area contributed by atoms with E-state index in [1.807, 2.05) is 0 Å². The highest BCUT2D eigenvalue weighted by Gasteiger charge is 2.32. The fourth-order valence-corrected chi connectivity index (χ4v) is 4.34. The van der Waals surface area contributed by atoms with E-state index in [1.165, 1.54) is 71.0 Å². The third-order valence-electron chi connectivity index (χ3n) is 5.59. The van der Waals surface area contributed by atoms with Crippen LogP contribution in [0.2, 0.25) is 0 Å². The highest BCUT2D eigenvalue weighted by molar-refractivity contribution is 5.79. The minimum atomic E-state index is 0.363. The fourth-order valence-electron chi connectivity index (χ4n) is 4.34. The Balaban J connectivity index is 1.53. The summed E-state index contributed by atoms with van der Waals surface area (Å²) in [7, 11) is 0. The Hall–Kier alpha value is -0.570. The van der Waals surface area contributed by atoms with Crippen molar-refractivity contribution in [2.75, 3.05) is 26.2 Å². The molecule has 0 bridgehead atoms. The summed E-state index contributed by atoms with van der Waals surface area (Å²) in [6, 6.07) is 0.539. The van der Waals surface area contributed by atoms with Crippen molar-refractivity contribution in [1.29, 1.82) is 0 Å². The van der Waals surface area contributed by atoms with Gasteiger partial charge in [0.1, 0.15) is 0 Å². The van der Waals surface area contributed by atoms with Crippen LogP contribution in [0.15, 0.2) is 0 Å². The molecule has 114 valence electrons. The van der Waals surface area contributed by atoms with Crippen LogP contribution in [0.1, 0.15) is 64.2 Å². The van der Waals surface area contributed by atoms with Gasteiger partial charge in [-0.3, -0.25) is 4.79 Å². The number of likely N-dealkylation sites (tertiary alicyclic amines) is 2. The zero-order valence-corrected chi connectivity index (χ0v) is 12.9. The minimum absolute atomic E-state index is 0.363. The lowest BCUT2D eigenvalue weighted by Gasteiger charge is -2.38. The zero-order chi connectivity index (χ0) is 13.8. The summed E-state index contributed by atoms with van der Waals surface area (Å²) in [5.74, 6) is 0.857. The molecule has 3 rings (SSSR count). The predicted molar refractivity (Wildman–Crippen MR) is 81.6 cm³/mol. The highest BCUT2D eigenvalue weighted by atomic mass is 16.2. The maximum atomic E-state index is 12.7. The molecule has 0 radical (unpaired) electrons.